The number of nitrogens with zero attached hydrogens (tertiary/aromatic N) is 12. The molecular weight excluding hydrogens is 1300 g/mol. The summed E-state index contributed by atoms with van der Waals surface area (Å²) >= 11 is 0. The maximum Gasteiger partial charge on any atom is 0.254 e. The van der Waals surface area contributed by atoms with Gasteiger partial charge in [0.1, 0.15) is 16.7 Å². The molecule has 0 radical (unpaired) electrons. The Morgan fingerprint density at radius 2 is 0.777 bits per heavy atom. The van der Waals surface area contributed by atoms with Gasteiger partial charge in [-0.2, -0.15) is 31.1 Å². The highest BCUT2D eigenvalue weighted by Crippen LogP contribution is 2.45. The van der Waals surface area contributed by atoms with E-state index in [0.717, 1.165) is 147 Å². The molecule has 25 heteroatoms. The van der Waals surface area contributed by atoms with Gasteiger partial charge in [-0.25, -0.2) is 0 Å². The monoisotopic (exact) mass is 1390 g/mol. The Morgan fingerprint density at radius 1 is 0.437 bits per heavy atom. The van der Waals surface area contributed by atoms with Crippen LogP contribution in [0.4, 0.5) is 28.8 Å². The van der Waals surface area contributed by atoms with Crippen molar-refractivity contribution in [2.45, 2.75) is 169 Å². The van der Waals surface area contributed by atoms with Crippen molar-refractivity contribution < 1.29 is 28.8 Å². The molecule has 534 valence electrons. The number of nitrogens with one attached hydrogen (secondary N) is 4. The quantitative estimate of drug-likeness (QED) is 0.0313. The summed E-state index contributed by atoms with van der Waals surface area (Å²) in [5.74, 6) is -0.495. The van der Waals surface area contributed by atoms with Crippen LogP contribution in [0.25, 0.3) is 0 Å². The van der Waals surface area contributed by atoms with Crippen LogP contribution in [-0.2, 0) is 37.5 Å². The number of carbonyl (C=O) groups is 6. The average molecular weight is 1390 g/mol. The van der Waals surface area contributed by atoms with Crippen LogP contribution in [-0.4, -0.2) is 131 Å². The first-order valence-electron chi connectivity index (χ1n) is 36.4. The van der Waals surface area contributed by atoms with E-state index in [9.17, 15) is 44.6 Å². The summed E-state index contributed by atoms with van der Waals surface area (Å²) in [5.41, 5.74) is 21.9. The largest absolute Gasteiger partial charge is 0.365 e. The summed E-state index contributed by atoms with van der Waals surface area (Å²) in [6.07, 6.45) is 19.3. The minimum absolute atomic E-state index is 0.00405. The van der Waals surface area contributed by atoms with Gasteiger partial charge < -0.3 is 38.5 Å². The summed E-state index contributed by atoms with van der Waals surface area (Å²) in [7, 11) is 0. The van der Waals surface area contributed by atoms with Crippen LogP contribution in [0.3, 0.4) is 0 Å². The van der Waals surface area contributed by atoms with E-state index < -0.39 is 34.3 Å². The molecule has 10 N–H and O–H groups in total. The van der Waals surface area contributed by atoms with Gasteiger partial charge in [0.25, 0.3) is 17.7 Å². The molecule has 4 aromatic carbocycles. The molecule has 0 unspecified atom stereocenters. The third-order valence-electron chi connectivity index (χ3n) is 22.5. The molecule has 0 atom stereocenters. The zero-order chi connectivity index (χ0) is 71.8. The summed E-state index contributed by atoms with van der Waals surface area (Å²) in [6.45, 7) is 6.63. The molecule has 5 aliphatic carbocycles. The normalized spacial score (nSPS) is 22.6. The summed E-state index contributed by atoms with van der Waals surface area (Å²) in [6, 6.07) is 47.7. The Morgan fingerprint density at radius 3 is 1.12 bits per heavy atom. The van der Waals surface area contributed by atoms with Crippen molar-refractivity contribution in [1.29, 1.82) is 15.8 Å². The minimum Gasteiger partial charge on any atom is -0.365 e. The highest BCUT2D eigenvalue weighted by molar-refractivity contribution is 6.04. The third kappa shape index (κ3) is 16.5. The minimum atomic E-state index is -0.647. The molecule has 6 heterocycles. The van der Waals surface area contributed by atoms with E-state index in [2.05, 4.69) is 154 Å². The second-order valence-corrected chi connectivity index (χ2v) is 29.6. The molecule has 5 saturated carbocycles. The lowest BCUT2D eigenvalue weighted by Crippen LogP contribution is -2.53. The van der Waals surface area contributed by atoms with Crippen LogP contribution in [0, 0.1) is 51.7 Å². The number of aromatic nitrogens is 6. The van der Waals surface area contributed by atoms with Gasteiger partial charge in [0.2, 0.25) is 17.7 Å². The Kier molecular flexibility index (Phi) is 21.3. The van der Waals surface area contributed by atoms with Gasteiger partial charge in [0.15, 0.2) is 17.5 Å². The molecule has 0 bridgehead atoms. The van der Waals surface area contributed by atoms with Crippen LogP contribution >= 0.6 is 0 Å². The number of para-hydroxylation sites is 1. The van der Waals surface area contributed by atoms with Crippen LogP contribution in [0.5, 0.6) is 0 Å². The number of anilines is 5. The van der Waals surface area contributed by atoms with Crippen LogP contribution in [0.15, 0.2) is 134 Å². The number of rotatable bonds is 23. The summed E-state index contributed by atoms with van der Waals surface area (Å²) in [4.78, 5) is 80.4. The first-order chi connectivity index (χ1) is 49.9. The number of nitrogens with two attached hydrogens (primary N) is 3. The number of hydrogen-bond acceptors (Lipinski definition) is 16. The van der Waals surface area contributed by atoms with Gasteiger partial charge in [0.05, 0.1) is 54.1 Å². The number of piperidine rings is 1. The van der Waals surface area contributed by atoms with Crippen LogP contribution in [0.2, 0.25) is 0 Å². The molecule has 6 amide bonds. The van der Waals surface area contributed by atoms with Crippen LogP contribution in [0.1, 0.15) is 182 Å². The van der Waals surface area contributed by atoms with Gasteiger partial charge in [-0.05, 0) is 144 Å². The van der Waals surface area contributed by atoms with E-state index in [1.165, 1.54) is 16.7 Å². The van der Waals surface area contributed by atoms with Gasteiger partial charge >= 0.3 is 0 Å². The number of nitriles is 3. The third-order valence-corrected chi connectivity index (χ3v) is 22.5. The predicted octanol–water partition coefficient (Wildman–Crippen LogP) is 9.94. The van der Waals surface area contributed by atoms with Gasteiger partial charge in [-0.3, -0.25) is 57.5 Å². The molecule has 8 aliphatic rings. The highest BCUT2D eigenvalue weighted by atomic mass is 16.2. The van der Waals surface area contributed by atoms with Gasteiger partial charge in [0, 0.05) is 117 Å². The molecular formula is C78H91N19O6. The first-order valence-corrected chi connectivity index (χ1v) is 36.4. The van der Waals surface area contributed by atoms with E-state index in [0.29, 0.717) is 49.6 Å². The van der Waals surface area contributed by atoms with E-state index in [4.69, 9.17) is 17.2 Å². The smallest absolute Gasteiger partial charge is 0.254 e. The van der Waals surface area contributed by atoms with Crippen molar-refractivity contribution in [2.24, 2.45) is 35.0 Å². The average Bonchev–Trinajstić information content (AvgIpc) is 1.74. The van der Waals surface area contributed by atoms with E-state index in [1.54, 1.807) is 32.6 Å². The Balaban J connectivity index is 0.000000138. The molecule has 3 aliphatic heterocycles. The Hall–Kier alpha value is -10.5. The number of primary amides is 3. The lowest BCUT2D eigenvalue weighted by atomic mass is 9.75. The van der Waals surface area contributed by atoms with Crippen molar-refractivity contribution in [1.82, 2.24) is 44.0 Å². The fourth-order valence-electron chi connectivity index (χ4n) is 15.6. The number of amides is 6. The molecule has 15 rings (SSSR count). The molecule has 25 nitrogen and oxygen atoms in total. The van der Waals surface area contributed by atoms with Crippen molar-refractivity contribution in [3.63, 3.8) is 0 Å². The number of carbonyl (C=O) groups excluding carboxylic acids is 6. The Labute approximate surface area is 600 Å². The fraction of sp³-hybridized carbons (Fsp3) is 0.462. The molecule has 7 aromatic rings. The lowest BCUT2D eigenvalue weighted by Gasteiger charge is -2.49. The zero-order valence-corrected chi connectivity index (χ0v) is 58.2. The molecule has 103 heavy (non-hydrogen) atoms. The summed E-state index contributed by atoms with van der Waals surface area (Å²) in [5, 5.41) is 54.3. The zero-order valence-electron chi connectivity index (χ0n) is 58.2. The van der Waals surface area contributed by atoms with Gasteiger partial charge in [-0.15, -0.1) is 0 Å². The molecule has 3 saturated heterocycles. The predicted molar refractivity (Wildman–Crippen MR) is 388 cm³/mol. The molecule has 3 aromatic heterocycles. The highest BCUT2D eigenvalue weighted by Gasteiger charge is 2.46. The van der Waals surface area contributed by atoms with Gasteiger partial charge in [-0.1, -0.05) is 91.0 Å². The van der Waals surface area contributed by atoms with E-state index in [-0.39, 0.29) is 76.0 Å². The number of hydrogen-bond donors (Lipinski definition) is 7. The number of likely N-dealkylation sites (tertiary alicyclic amines) is 3. The topological polar surface area (TPSA) is 363 Å². The van der Waals surface area contributed by atoms with E-state index >= 15 is 0 Å². The van der Waals surface area contributed by atoms with Crippen LogP contribution < -0.4 is 38.5 Å². The Bertz CT molecular complexity index is 4160. The van der Waals surface area contributed by atoms with Crippen molar-refractivity contribution in [3.8, 4) is 18.2 Å². The maximum absolute atomic E-state index is 12.3. The van der Waals surface area contributed by atoms with Crippen molar-refractivity contribution in [3.05, 3.63) is 167 Å². The second-order valence-electron chi connectivity index (χ2n) is 29.6. The lowest BCUT2D eigenvalue weighted by molar-refractivity contribution is -0.118. The summed E-state index contributed by atoms with van der Waals surface area (Å²) < 4.78 is 5.16. The molecule has 8 fully saturated rings. The van der Waals surface area contributed by atoms with E-state index in [1.807, 2.05) is 30.3 Å². The second kappa shape index (κ2) is 31.0. The SMILES string of the molecule is N#CCC1(n2cc(C(N)=O)c(NC(=O)C3CC3)n2)CCC(N2CC(c3ccccc3)C2)CC1.N#CCC1(n2cc(C(N)=O)c(NC(=O)C3CC3)n2)CCC(N2CC(c3ccccc3)C2)CC1.N#CCC1(n2cc(C(N)=O)c(NC(=O)C3CC3)n2)CCN(Cc2cccc(Nc3ccccc3)c2)CC1. The fourth-order valence-corrected chi connectivity index (χ4v) is 15.6. The van der Waals surface area contributed by atoms with Crippen molar-refractivity contribution in [2.75, 3.05) is 60.5 Å². The molecule has 0 spiro atoms. The van der Waals surface area contributed by atoms with Crippen molar-refractivity contribution >= 4 is 64.3 Å². The maximum atomic E-state index is 12.3. The number of benzene rings is 4. The first kappa shape index (κ1) is 70.9. The standard InChI is InChI=1S/C28H31N7O2.2C25H30N6O2/c29-14-11-28(35-19-24(25(30)36)26(33-35)32-27(37)21-9-10-21)12-15-34(16-13-28)18-20-5-4-8-23(17-20)31-22-6-2-1-3-7-22;2*26-13-12-25(31-16-21(22(27)32)23(29-31)28-24(33)18-6-7-18)10-8-20(9-11-25)30-14-19(15-30)17-4-2-1-3-5-17/h1-8,17,19,21,31H,9-13,15-16,18H2,(H2,30,36)(H,32,33,37);2*1-5,16,18-20H,6-12,14-15H2,(H2,27,32)(H,28,29,33).